The van der Waals surface area contributed by atoms with Gasteiger partial charge in [0, 0.05) is 12.4 Å². The molecule has 6 nitrogen and oxygen atoms in total. The SMILES string of the molecule is COC(=O)C(N)Cn1cc[nH]c1=O. The number of carbonyl (C=O) groups is 1. The third kappa shape index (κ3) is 2.19. The standard InChI is InChI=1S/C7H11N3O3/c1-13-6(11)5(8)4-10-3-2-9-7(10)12/h2-3,5H,4,8H2,1H3,(H,9,12). The number of hydrogen-bond acceptors (Lipinski definition) is 4. The van der Waals surface area contributed by atoms with E-state index in [0.717, 1.165) is 0 Å². The molecule has 0 bridgehead atoms. The van der Waals surface area contributed by atoms with E-state index in [2.05, 4.69) is 9.72 Å². The smallest absolute Gasteiger partial charge is 0.325 e. The molecule has 0 spiro atoms. The molecule has 0 radical (unpaired) electrons. The maximum atomic E-state index is 11.0. The summed E-state index contributed by atoms with van der Waals surface area (Å²) < 4.78 is 5.72. The monoisotopic (exact) mass is 185 g/mol. The number of rotatable bonds is 3. The number of H-pyrrole nitrogens is 1. The summed E-state index contributed by atoms with van der Waals surface area (Å²) in [6, 6.07) is -0.807. The molecule has 13 heavy (non-hydrogen) atoms. The van der Waals surface area contributed by atoms with Crippen LogP contribution in [0.2, 0.25) is 0 Å². The highest BCUT2D eigenvalue weighted by atomic mass is 16.5. The molecule has 1 rings (SSSR count). The molecule has 1 heterocycles. The molecule has 0 amide bonds. The first-order valence-electron chi connectivity index (χ1n) is 3.72. The van der Waals surface area contributed by atoms with Gasteiger partial charge in [-0.15, -0.1) is 0 Å². The minimum Gasteiger partial charge on any atom is -0.468 e. The van der Waals surface area contributed by atoms with Crippen molar-refractivity contribution in [2.75, 3.05) is 7.11 Å². The summed E-state index contributed by atoms with van der Waals surface area (Å²) >= 11 is 0. The van der Waals surface area contributed by atoms with Gasteiger partial charge in [-0.2, -0.15) is 0 Å². The molecule has 0 aliphatic carbocycles. The van der Waals surface area contributed by atoms with Gasteiger partial charge in [0.15, 0.2) is 0 Å². The largest absolute Gasteiger partial charge is 0.468 e. The predicted octanol–water partition coefficient (Wildman–Crippen LogP) is -1.32. The second-order valence-electron chi connectivity index (χ2n) is 2.55. The van der Waals surface area contributed by atoms with Gasteiger partial charge in [-0.25, -0.2) is 4.79 Å². The zero-order chi connectivity index (χ0) is 9.84. The summed E-state index contributed by atoms with van der Waals surface area (Å²) in [7, 11) is 1.25. The van der Waals surface area contributed by atoms with Gasteiger partial charge in [0.2, 0.25) is 0 Å². The molecule has 6 heteroatoms. The Kier molecular flexibility index (Phi) is 2.86. The highest BCUT2D eigenvalue weighted by molar-refractivity contribution is 5.75. The lowest BCUT2D eigenvalue weighted by molar-refractivity contribution is -0.142. The van der Waals surface area contributed by atoms with Crippen LogP contribution in [0.1, 0.15) is 0 Å². The van der Waals surface area contributed by atoms with Crippen LogP contribution in [0.3, 0.4) is 0 Å². The Labute approximate surface area is 74.3 Å². The third-order valence-corrected chi connectivity index (χ3v) is 1.62. The number of nitrogens with two attached hydrogens (primary N) is 1. The molecule has 0 fully saturated rings. The van der Waals surface area contributed by atoms with Crippen molar-refractivity contribution in [3.63, 3.8) is 0 Å². The number of carbonyl (C=O) groups excluding carboxylic acids is 1. The molecule has 1 aromatic heterocycles. The van der Waals surface area contributed by atoms with Gasteiger partial charge in [0.1, 0.15) is 6.04 Å². The average Bonchev–Trinajstić information content (AvgIpc) is 2.50. The van der Waals surface area contributed by atoms with Crippen molar-refractivity contribution in [1.29, 1.82) is 0 Å². The maximum Gasteiger partial charge on any atom is 0.325 e. The van der Waals surface area contributed by atoms with Crippen LogP contribution >= 0.6 is 0 Å². The molecule has 1 aromatic rings. The molecule has 1 unspecified atom stereocenters. The number of methoxy groups -OCH3 is 1. The summed E-state index contributed by atoms with van der Waals surface area (Å²) in [5, 5.41) is 0. The first kappa shape index (κ1) is 9.53. The van der Waals surface area contributed by atoms with E-state index in [1.165, 1.54) is 24.1 Å². The lowest BCUT2D eigenvalue weighted by atomic mass is 10.3. The van der Waals surface area contributed by atoms with Crippen molar-refractivity contribution < 1.29 is 9.53 Å². The van der Waals surface area contributed by atoms with E-state index in [9.17, 15) is 9.59 Å². The van der Waals surface area contributed by atoms with Crippen molar-refractivity contribution in [1.82, 2.24) is 9.55 Å². The Morgan fingerprint density at radius 2 is 2.54 bits per heavy atom. The van der Waals surface area contributed by atoms with Crippen LogP contribution in [0.15, 0.2) is 17.2 Å². The zero-order valence-corrected chi connectivity index (χ0v) is 7.19. The van der Waals surface area contributed by atoms with Crippen LogP contribution in [-0.4, -0.2) is 28.7 Å². The van der Waals surface area contributed by atoms with Crippen LogP contribution in [0, 0.1) is 0 Å². The van der Waals surface area contributed by atoms with Crippen molar-refractivity contribution in [2.24, 2.45) is 5.73 Å². The van der Waals surface area contributed by atoms with Gasteiger partial charge < -0.3 is 15.5 Å². The van der Waals surface area contributed by atoms with Crippen molar-refractivity contribution in [3.05, 3.63) is 22.9 Å². The van der Waals surface area contributed by atoms with E-state index in [1.807, 2.05) is 0 Å². The number of imidazole rings is 1. The van der Waals surface area contributed by atoms with Crippen molar-refractivity contribution >= 4 is 5.97 Å². The summed E-state index contributed by atoms with van der Waals surface area (Å²) in [5.74, 6) is -0.534. The fourth-order valence-corrected chi connectivity index (χ4v) is 0.931. The number of aromatic amines is 1. The predicted molar refractivity (Wildman–Crippen MR) is 45.0 cm³/mol. The normalized spacial score (nSPS) is 12.5. The quantitative estimate of drug-likeness (QED) is 0.571. The molecular weight excluding hydrogens is 174 g/mol. The Morgan fingerprint density at radius 3 is 3.00 bits per heavy atom. The highest BCUT2D eigenvalue weighted by Crippen LogP contribution is 1.88. The Bertz CT molecular complexity index is 341. The number of ether oxygens (including phenoxy) is 1. The number of nitrogens with one attached hydrogen (secondary N) is 1. The number of nitrogens with zero attached hydrogens (tertiary/aromatic N) is 1. The van der Waals surface area contributed by atoms with Crippen molar-refractivity contribution in [2.45, 2.75) is 12.6 Å². The topological polar surface area (TPSA) is 90.1 Å². The average molecular weight is 185 g/mol. The van der Waals surface area contributed by atoms with Gasteiger partial charge in [-0.05, 0) is 0 Å². The molecule has 1 atom stereocenters. The second-order valence-corrected chi connectivity index (χ2v) is 2.55. The van der Waals surface area contributed by atoms with Gasteiger partial charge in [-0.1, -0.05) is 0 Å². The first-order chi connectivity index (χ1) is 6.15. The van der Waals surface area contributed by atoms with E-state index >= 15 is 0 Å². The molecule has 3 N–H and O–H groups in total. The maximum absolute atomic E-state index is 11.0. The summed E-state index contributed by atoms with van der Waals surface area (Å²) in [5.41, 5.74) is 5.15. The Morgan fingerprint density at radius 1 is 1.85 bits per heavy atom. The van der Waals surface area contributed by atoms with Crippen LogP contribution < -0.4 is 11.4 Å². The van der Waals surface area contributed by atoms with E-state index in [-0.39, 0.29) is 12.2 Å². The van der Waals surface area contributed by atoms with Crippen LogP contribution in [0.5, 0.6) is 0 Å². The summed E-state index contributed by atoms with van der Waals surface area (Å²) in [6.07, 6.45) is 3.00. The van der Waals surface area contributed by atoms with E-state index in [0.29, 0.717) is 0 Å². The molecule has 0 aromatic carbocycles. The zero-order valence-electron chi connectivity index (χ0n) is 7.19. The molecule has 0 aliphatic heterocycles. The van der Waals surface area contributed by atoms with Gasteiger partial charge >= 0.3 is 11.7 Å². The second kappa shape index (κ2) is 3.90. The van der Waals surface area contributed by atoms with E-state index < -0.39 is 12.0 Å². The van der Waals surface area contributed by atoms with Gasteiger partial charge in [0.25, 0.3) is 0 Å². The molecule has 0 saturated carbocycles. The Hall–Kier alpha value is -1.56. The van der Waals surface area contributed by atoms with Crippen LogP contribution in [0.25, 0.3) is 0 Å². The van der Waals surface area contributed by atoms with E-state index in [4.69, 9.17) is 5.73 Å². The molecule has 0 aliphatic rings. The van der Waals surface area contributed by atoms with E-state index in [1.54, 1.807) is 0 Å². The first-order valence-corrected chi connectivity index (χ1v) is 3.72. The molecular formula is C7H11N3O3. The van der Waals surface area contributed by atoms with Gasteiger partial charge in [-0.3, -0.25) is 9.36 Å². The fraction of sp³-hybridized carbons (Fsp3) is 0.429. The fourth-order valence-electron chi connectivity index (χ4n) is 0.931. The molecule has 72 valence electrons. The lowest BCUT2D eigenvalue weighted by Gasteiger charge is -2.08. The van der Waals surface area contributed by atoms with Crippen molar-refractivity contribution in [3.8, 4) is 0 Å². The highest BCUT2D eigenvalue weighted by Gasteiger charge is 2.14. The van der Waals surface area contributed by atoms with Gasteiger partial charge in [0.05, 0.1) is 13.7 Å². The number of aromatic nitrogens is 2. The number of hydrogen-bond donors (Lipinski definition) is 2. The minimum absolute atomic E-state index is 0.120. The van der Waals surface area contributed by atoms with Crippen LogP contribution in [0.4, 0.5) is 0 Å². The Balaban J connectivity index is 2.65. The summed E-state index contributed by atoms with van der Waals surface area (Å²) in [4.78, 5) is 24.3. The molecule has 0 saturated heterocycles. The number of esters is 1. The summed E-state index contributed by atoms with van der Waals surface area (Å²) in [6.45, 7) is 0.120. The third-order valence-electron chi connectivity index (χ3n) is 1.62. The minimum atomic E-state index is -0.807. The van der Waals surface area contributed by atoms with Crippen LogP contribution in [-0.2, 0) is 16.1 Å². The lowest BCUT2D eigenvalue weighted by Crippen LogP contribution is -2.38.